The summed E-state index contributed by atoms with van der Waals surface area (Å²) in [5.41, 5.74) is 5.25. The molecule has 0 amide bonds. The number of aliphatic hydroxyl groups excluding tert-OH is 4. The van der Waals surface area contributed by atoms with Crippen molar-refractivity contribution in [3.8, 4) is 0 Å². The van der Waals surface area contributed by atoms with Crippen LogP contribution in [0.25, 0.3) is 0 Å². The van der Waals surface area contributed by atoms with Gasteiger partial charge in [0.1, 0.15) is 24.4 Å². The summed E-state index contributed by atoms with van der Waals surface area (Å²) in [7, 11) is 0. The molecule has 1 heterocycles. The third-order valence-corrected chi connectivity index (χ3v) is 2.99. The molecule has 0 aromatic rings. The highest BCUT2D eigenvalue weighted by Crippen LogP contribution is 2.21. The number of aliphatic hydroxyl groups is 4. The number of ether oxygens (including phenoxy) is 4. The monoisotopic (exact) mass is 311 g/mol. The minimum Gasteiger partial charge on any atom is -0.394 e. The van der Waals surface area contributed by atoms with Gasteiger partial charge in [0.25, 0.3) is 0 Å². The van der Waals surface area contributed by atoms with Gasteiger partial charge in [0, 0.05) is 6.54 Å². The first kappa shape index (κ1) is 18.7. The van der Waals surface area contributed by atoms with E-state index >= 15 is 0 Å². The molecule has 0 bridgehead atoms. The summed E-state index contributed by atoms with van der Waals surface area (Å²) in [6.45, 7) is 1.64. The van der Waals surface area contributed by atoms with Gasteiger partial charge in [0.2, 0.25) is 0 Å². The summed E-state index contributed by atoms with van der Waals surface area (Å²) in [6, 6.07) is 0. The van der Waals surface area contributed by atoms with E-state index < -0.39 is 37.3 Å². The Morgan fingerprint density at radius 2 is 1.48 bits per heavy atom. The van der Waals surface area contributed by atoms with E-state index in [9.17, 15) is 15.3 Å². The molecule has 5 atom stereocenters. The molecule has 1 fully saturated rings. The predicted octanol–water partition coefficient (Wildman–Crippen LogP) is -3.21. The first-order chi connectivity index (χ1) is 10.1. The number of hydrogen-bond acceptors (Lipinski definition) is 9. The topological polar surface area (TPSA) is 144 Å². The summed E-state index contributed by atoms with van der Waals surface area (Å²) < 4.78 is 20.7. The lowest BCUT2D eigenvalue weighted by Crippen LogP contribution is -2.59. The molecule has 0 saturated carbocycles. The second-order valence-electron chi connectivity index (χ2n) is 4.58. The zero-order chi connectivity index (χ0) is 15.7. The fourth-order valence-corrected chi connectivity index (χ4v) is 1.83. The SMILES string of the molecule is NCCOCCOCCO[C@H]1O[C@H](CO)[C@H](O)[C@H](O)[C@H]1O. The summed E-state index contributed by atoms with van der Waals surface area (Å²) in [5, 5.41) is 37.9. The van der Waals surface area contributed by atoms with Crippen LogP contribution in [0, 0.1) is 0 Å². The number of hydrogen-bond donors (Lipinski definition) is 5. The van der Waals surface area contributed by atoms with Gasteiger partial charge in [0.15, 0.2) is 6.29 Å². The third-order valence-electron chi connectivity index (χ3n) is 2.99. The maximum Gasteiger partial charge on any atom is 0.186 e. The van der Waals surface area contributed by atoms with Crippen molar-refractivity contribution in [3.05, 3.63) is 0 Å². The lowest BCUT2D eigenvalue weighted by atomic mass is 9.99. The van der Waals surface area contributed by atoms with Crippen molar-refractivity contribution in [1.29, 1.82) is 0 Å². The Morgan fingerprint density at radius 1 is 0.857 bits per heavy atom. The van der Waals surface area contributed by atoms with Crippen LogP contribution in [0.3, 0.4) is 0 Å². The van der Waals surface area contributed by atoms with Gasteiger partial charge in [0.05, 0.1) is 39.6 Å². The minimum absolute atomic E-state index is 0.125. The quantitative estimate of drug-likeness (QED) is 0.263. The van der Waals surface area contributed by atoms with E-state index in [0.717, 1.165) is 0 Å². The molecule has 1 saturated heterocycles. The molecule has 0 aromatic carbocycles. The first-order valence-corrected chi connectivity index (χ1v) is 6.89. The Kier molecular flexibility index (Phi) is 9.24. The largest absolute Gasteiger partial charge is 0.394 e. The van der Waals surface area contributed by atoms with E-state index in [4.69, 9.17) is 29.8 Å². The van der Waals surface area contributed by atoms with Gasteiger partial charge in [-0.2, -0.15) is 0 Å². The smallest absolute Gasteiger partial charge is 0.186 e. The van der Waals surface area contributed by atoms with Gasteiger partial charge < -0.3 is 45.1 Å². The van der Waals surface area contributed by atoms with E-state index in [0.29, 0.717) is 26.4 Å². The fourth-order valence-electron chi connectivity index (χ4n) is 1.83. The fraction of sp³-hybridized carbons (Fsp3) is 1.00. The molecule has 21 heavy (non-hydrogen) atoms. The number of nitrogens with two attached hydrogens (primary N) is 1. The Bertz CT molecular complexity index is 268. The highest BCUT2D eigenvalue weighted by molar-refractivity contribution is 4.88. The molecule has 0 unspecified atom stereocenters. The van der Waals surface area contributed by atoms with Crippen molar-refractivity contribution in [2.24, 2.45) is 5.73 Å². The van der Waals surface area contributed by atoms with Gasteiger partial charge in [-0.3, -0.25) is 0 Å². The van der Waals surface area contributed by atoms with Crippen molar-refractivity contribution in [3.63, 3.8) is 0 Å². The Hall–Kier alpha value is -0.360. The van der Waals surface area contributed by atoms with Gasteiger partial charge in [-0.05, 0) is 0 Å². The van der Waals surface area contributed by atoms with Crippen LogP contribution in [0.4, 0.5) is 0 Å². The molecule has 1 aliphatic heterocycles. The van der Waals surface area contributed by atoms with Crippen LogP contribution < -0.4 is 5.73 Å². The summed E-state index contributed by atoms with van der Waals surface area (Å²) in [5.74, 6) is 0. The normalized spacial score (nSPS) is 33.3. The average molecular weight is 311 g/mol. The molecule has 0 aromatic heterocycles. The average Bonchev–Trinajstić information content (AvgIpc) is 2.49. The van der Waals surface area contributed by atoms with Crippen LogP contribution in [0.5, 0.6) is 0 Å². The third kappa shape index (κ3) is 6.10. The van der Waals surface area contributed by atoms with Gasteiger partial charge in [-0.15, -0.1) is 0 Å². The molecule has 0 spiro atoms. The van der Waals surface area contributed by atoms with E-state index in [-0.39, 0.29) is 13.2 Å². The lowest BCUT2D eigenvalue weighted by molar-refractivity contribution is -0.302. The zero-order valence-electron chi connectivity index (χ0n) is 11.8. The molecule has 9 heteroatoms. The molecule has 1 rings (SSSR count). The van der Waals surface area contributed by atoms with Gasteiger partial charge in [-0.1, -0.05) is 0 Å². The zero-order valence-corrected chi connectivity index (χ0v) is 11.8. The summed E-state index contributed by atoms with van der Waals surface area (Å²) in [6.07, 6.45) is -6.32. The first-order valence-electron chi connectivity index (χ1n) is 6.89. The summed E-state index contributed by atoms with van der Waals surface area (Å²) in [4.78, 5) is 0. The lowest BCUT2D eigenvalue weighted by Gasteiger charge is -2.39. The van der Waals surface area contributed by atoms with Crippen molar-refractivity contribution in [1.82, 2.24) is 0 Å². The Balaban J connectivity index is 2.16. The maximum absolute atomic E-state index is 9.71. The molecule has 6 N–H and O–H groups in total. The van der Waals surface area contributed by atoms with E-state index in [1.807, 2.05) is 0 Å². The van der Waals surface area contributed by atoms with Crippen molar-refractivity contribution in [2.45, 2.75) is 30.7 Å². The molecule has 9 nitrogen and oxygen atoms in total. The van der Waals surface area contributed by atoms with Crippen LogP contribution >= 0.6 is 0 Å². The van der Waals surface area contributed by atoms with Crippen LogP contribution in [-0.4, -0.2) is 97.3 Å². The predicted molar refractivity (Wildman–Crippen MR) is 70.4 cm³/mol. The van der Waals surface area contributed by atoms with Crippen LogP contribution in [0.15, 0.2) is 0 Å². The second kappa shape index (κ2) is 10.4. The molecule has 1 aliphatic rings. The van der Waals surface area contributed by atoms with Crippen molar-refractivity contribution in [2.75, 3.05) is 46.2 Å². The Morgan fingerprint density at radius 3 is 2.10 bits per heavy atom. The Labute approximate surface area is 123 Å². The minimum atomic E-state index is -1.44. The van der Waals surface area contributed by atoms with E-state index in [2.05, 4.69) is 0 Å². The molecule has 0 radical (unpaired) electrons. The highest BCUT2D eigenvalue weighted by atomic mass is 16.7. The maximum atomic E-state index is 9.71. The van der Waals surface area contributed by atoms with Gasteiger partial charge in [-0.25, -0.2) is 0 Å². The number of rotatable bonds is 10. The highest BCUT2D eigenvalue weighted by Gasteiger charge is 2.43. The van der Waals surface area contributed by atoms with Crippen molar-refractivity contribution >= 4 is 0 Å². The van der Waals surface area contributed by atoms with Crippen LogP contribution in [-0.2, 0) is 18.9 Å². The van der Waals surface area contributed by atoms with E-state index in [1.165, 1.54) is 0 Å². The van der Waals surface area contributed by atoms with Crippen LogP contribution in [0.2, 0.25) is 0 Å². The summed E-state index contributed by atoms with van der Waals surface area (Å²) >= 11 is 0. The van der Waals surface area contributed by atoms with Crippen molar-refractivity contribution < 1.29 is 39.4 Å². The van der Waals surface area contributed by atoms with E-state index in [1.54, 1.807) is 0 Å². The second-order valence-corrected chi connectivity index (χ2v) is 4.58. The molecule has 0 aliphatic carbocycles. The van der Waals surface area contributed by atoms with Crippen LogP contribution in [0.1, 0.15) is 0 Å². The molecular weight excluding hydrogens is 286 g/mol. The van der Waals surface area contributed by atoms with Gasteiger partial charge >= 0.3 is 0 Å². The molecular formula is C12H25NO8. The molecule has 126 valence electrons. The standard InChI is InChI=1S/C12H25NO8/c13-1-2-18-3-4-19-5-6-20-12-11(17)10(16)9(15)8(7-14)21-12/h8-12,14-17H,1-7,13H2/t8-,9+,10+,11-,12+/m1/s1.